The predicted octanol–water partition coefficient (Wildman–Crippen LogP) is 2.57. The lowest BCUT2D eigenvalue weighted by Gasteiger charge is -2.39. The van der Waals surface area contributed by atoms with Gasteiger partial charge in [0.15, 0.2) is 0 Å². The van der Waals surface area contributed by atoms with E-state index in [1.165, 1.54) is 6.07 Å². The average Bonchev–Trinajstić information content (AvgIpc) is 3.00. The Balaban J connectivity index is 1.63. The van der Waals surface area contributed by atoms with Crippen molar-refractivity contribution in [2.24, 2.45) is 5.41 Å². The Morgan fingerprint density at radius 1 is 1.30 bits per heavy atom. The minimum atomic E-state index is -2.91. The first-order valence-corrected chi connectivity index (χ1v) is 8.32. The number of hydrogen-bond acceptors (Lipinski definition) is 6. The molecule has 27 heavy (non-hydrogen) atoms. The van der Waals surface area contributed by atoms with E-state index < -0.39 is 23.5 Å². The monoisotopic (exact) mass is 383 g/mol. The number of nitrogens with zero attached hydrogens (tertiary/aromatic N) is 3. The first kappa shape index (κ1) is 17.8. The molecule has 0 aliphatic carbocycles. The van der Waals surface area contributed by atoms with Crippen LogP contribution in [0.3, 0.4) is 0 Å². The van der Waals surface area contributed by atoms with Crippen LogP contribution in [0.15, 0.2) is 16.5 Å². The van der Waals surface area contributed by atoms with E-state index in [0.717, 1.165) is 6.07 Å². The van der Waals surface area contributed by atoms with Crippen molar-refractivity contribution in [3.05, 3.63) is 29.4 Å². The highest BCUT2D eigenvalue weighted by Gasteiger charge is 2.44. The van der Waals surface area contributed by atoms with E-state index in [1.807, 2.05) is 0 Å². The maximum Gasteiger partial charge on any atom is 0.314 e. The molecule has 1 aromatic carbocycles. The molecule has 1 fully saturated rings. The van der Waals surface area contributed by atoms with Gasteiger partial charge < -0.3 is 18.8 Å². The normalized spacial score (nSPS) is 18.5. The summed E-state index contributed by atoms with van der Waals surface area (Å²) >= 11 is 0. The molecular formula is C17H16F3N3O4. The maximum absolute atomic E-state index is 14.7. The summed E-state index contributed by atoms with van der Waals surface area (Å²) in [6.45, 7) is 2.99. The van der Waals surface area contributed by atoms with E-state index in [-0.39, 0.29) is 41.8 Å². The van der Waals surface area contributed by atoms with Crippen molar-refractivity contribution in [1.82, 2.24) is 15.1 Å². The van der Waals surface area contributed by atoms with Gasteiger partial charge in [-0.15, -0.1) is 10.2 Å². The third-order valence-electron chi connectivity index (χ3n) is 4.64. The van der Waals surface area contributed by atoms with Crippen molar-refractivity contribution >= 4 is 5.91 Å². The van der Waals surface area contributed by atoms with Crippen molar-refractivity contribution in [2.45, 2.75) is 19.9 Å². The summed E-state index contributed by atoms with van der Waals surface area (Å²) in [5, 5.41) is 6.75. The molecular weight excluding hydrogens is 367 g/mol. The van der Waals surface area contributed by atoms with Crippen molar-refractivity contribution < 1.29 is 31.9 Å². The molecule has 4 rings (SSSR count). The van der Waals surface area contributed by atoms with Crippen molar-refractivity contribution in [2.75, 3.05) is 26.4 Å². The Hall–Kier alpha value is -2.62. The second-order valence-electron chi connectivity index (χ2n) is 6.81. The third kappa shape index (κ3) is 3.14. The minimum absolute atomic E-state index is 0.0436. The molecule has 10 heteroatoms. The molecule has 0 bridgehead atoms. The van der Waals surface area contributed by atoms with E-state index in [4.69, 9.17) is 13.9 Å². The minimum Gasteiger partial charge on any atom is -0.491 e. The lowest BCUT2D eigenvalue weighted by molar-refractivity contribution is -0.169. The summed E-state index contributed by atoms with van der Waals surface area (Å²) in [6.07, 6.45) is -2.91. The van der Waals surface area contributed by atoms with Gasteiger partial charge in [0.25, 0.3) is 5.89 Å². The molecule has 0 N–H and O–H groups in total. The number of halogens is 3. The first-order chi connectivity index (χ1) is 12.9. The van der Waals surface area contributed by atoms with Gasteiger partial charge in [0, 0.05) is 11.1 Å². The second kappa shape index (κ2) is 6.52. The third-order valence-corrected chi connectivity index (χ3v) is 4.64. The van der Waals surface area contributed by atoms with Gasteiger partial charge in [-0.3, -0.25) is 4.79 Å². The summed E-state index contributed by atoms with van der Waals surface area (Å²) in [6, 6.07) is 2.55. The van der Waals surface area contributed by atoms with Gasteiger partial charge in [-0.05, 0) is 19.1 Å². The van der Waals surface area contributed by atoms with E-state index in [2.05, 4.69) is 10.2 Å². The molecule has 0 unspecified atom stereocenters. The van der Waals surface area contributed by atoms with Crippen LogP contribution in [0.2, 0.25) is 0 Å². The molecule has 7 nitrogen and oxygen atoms in total. The number of amides is 1. The Labute approximate surface area is 152 Å². The Bertz CT molecular complexity index is 882. The van der Waals surface area contributed by atoms with Crippen LogP contribution in [0.25, 0.3) is 11.5 Å². The van der Waals surface area contributed by atoms with Crippen LogP contribution in [-0.2, 0) is 16.1 Å². The van der Waals surface area contributed by atoms with E-state index in [0.29, 0.717) is 19.8 Å². The van der Waals surface area contributed by atoms with E-state index in [9.17, 15) is 18.0 Å². The Morgan fingerprint density at radius 3 is 2.70 bits per heavy atom. The lowest BCUT2D eigenvalue weighted by Crippen LogP contribution is -2.53. The number of benzene rings is 1. The second-order valence-corrected chi connectivity index (χ2v) is 6.81. The fraction of sp³-hybridized carbons (Fsp3) is 0.471. The SMILES string of the molecule is CC1(C(=O)N2CCOc3cc(-c4nnc(C(F)F)o4)cc(F)c3C2)COC1. The zero-order valence-electron chi connectivity index (χ0n) is 14.4. The van der Waals surface area contributed by atoms with Gasteiger partial charge in [0.1, 0.15) is 18.2 Å². The summed E-state index contributed by atoms with van der Waals surface area (Å²) < 4.78 is 55.5. The molecule has 0 radical (unpaired) electrons. The molecule has 1 saturated heterocycles. The topological polar surface area (TPSA) is 77.7 Å². The standard InChI is InChI=1S/C17H16F3N3O4/c1-17(7-25-8-17)16(24)23-2-3-26-12-5-9(4-11(18)10(12)6-23)14-21-22-15(27-14)13(19)20/h4-5,13H,2-3,6-8H2,1H3. The number of ether oxygens (including phenoxy) is 2. The van der Waals surface area contributed by atoms with Gasteiger partial charge in [-0.25, -0.2) is 4.39 Å². The van der Waals surface area contributed by atoms with Crippen molar-refractivity contribution in [3.63, 3.8) is 0 Å². The van der Waals surface area contributed by atoms with Crippen LogP contribution in [0.4, 0.5) is 13.2 Å². The van der Waals surface area contributed by atoms with Gasteiger partial charge in [0.05, 0.1) is 31.7 Å². The molecule has 2 aliphatic rings. The number of carbonyl (C=O) groups excluding carboxylic acids is 1. The smallest absolute Gasteiger partial charge is 0.314 e. The quantitative estimate of drug-likeness (QED) is 0.811. The number of fused-ring (bicyclic) bond motifs is 1. The molecule has 2 aliphatic heterocycles. The largest absolute Gasteiger partial charge is 0.491 e. The number of alkyl halides is 2. The highest BCUT2D eigenvalue weighted by atomic mass is 19.3. The fourth-order valence-corrected chi connectivity index (χ4v) is 3.08. The van der Waals surface area contributed by atoms with Gasteiger partial charge >= 0.3 is 6.43 Å². The highest BCUT2D eigenvalue weighted by Crippen LogP contribution is 2.35. The van der Waals surface area contributed by atoms with Crippen LogP contribution < -0.4 is 4.74 Å². The fourth-order valence-electron chi connectivity index (χ4n) is 3.08. The van der Waals surface area contributed by atoms with Crippen LogP contribution in [0, 0.1) is 11.2 Å². The number of hydrogen-bond donors (Lipinski definition) is 0. The molecule has 0 saturated carbocycles. The number of aromatic nitrogens is 2. The zero-order chi connectivity index (χ0) is 19.2. The van der Waals surface area contributed by atoms with Crippen LogP contribution >= 0.6 is 0 Å². The van der Waals surface area contributed by atoms with Gasteiger partial charge in [-0.1, -0.05) is 0 Å². The summed E-state index contributed by atoms with van der Waals surface area (Å²) in [4.78, 5) is 14.2. The molecule has 144 valence electrons. The predicted molar refractivity (Wildman–Crippen MR) is 84.5 cm³/mol. The highest BCUT2D eigenvalue weighted by molar-refractivity contribution is 5.83. The zero-order valence-corrected chi connectivity index (χ0v) is 14.4. The molecule has 2 aromatic rings. The summed E-state index contributed by atoms with van der Waals surface area (Å²) in [7, 11) is 0. The van der Waals surface area contributed by atoms with Gasteiger partial charge in [-0.2, -0.15) is 8.78 Å². The van der Waals surface area contributed by atoms with E-state index in [1.54, 1.807) is 11.8 Å². The lowest BCUT2D eigenvalue weighted by atomic mass is 9.86. The molecule has 1 amide bonds. The van der Waals surface area contributed by atoms with Crippen LogP contribution in [0.5, 0.6) is 5.75 Å². The molecule has 1 aromatic heterocycles. The first-order valence-electron chi connectivity index (χ1n) is 8.32. The van der Waals surface area contributed by atoms with Crippen molar-refractivity contribution in [1.29, 1.82) is 0 Å². The number of rotatable bonds is 3. The maximum atomic E-state index is 14.7. The molecule has 3 heterocycles. The average molecular weight is 383 g/mol. The van der Waals surface area contributed by atoms with E-state index >= 15 is 0 Å². The summed E-state index contributed by atoms with van der Waals surface area (Å²) in [5.41, 5.74) is -0.261. The summed E-state index contributed by atoms with van der Waals surface area (Å²) in [5.74, 6) is -1.62. The van der Waals surface area contributed by atoms with Crippen LogP contribution in [0.1, 0.15) is 24.8 Å². The Kier molecular flexibility index (Phi) is 4.29. The van der Waals surface area contributed by atoms with Crippen LogP contribution in [-0.4, -0.2) is 47.4 Å². The Morgan fingerprint density at radius 2 is 2.07 bits per heavy atom. The molecule has 0 atom stereocenters. The van der Waals surface area contributed by atoms with Crippen molar-refractivity contribution in [3.8, 4) is 17.2 Å². The number of carbonyl (C=O) groups is 1. The molecule has 0 spiro atoms. The van der Waals surface area contributed by atoms with Gasteiger partial charge in [0.2, 0.25) is 11.8 Å².